The molecule has 3 heterocycles. The number of piperazine rings is 1. The summed E-state index contributed by atoms with van der Waals surface area (Å²) in [5, 5.41) is 0. The zero-order chi connectivity index (χ0) is 14.1. The van der Waals surface area contributed by atoms with Crippen LogP contribution < -0.4 is 10.6 Å². The van der Waals surface area contributed by atoms with Crippen LogP contribution in [0.3, 0.4) is 0 Å². The maximum absolute atomic E-state index is 5.91. The molecule has 1 atom stereocenters. The van der Waals surface area contributed by atoms with E-state index in [9.17, 15) is 0 Å². The second-order valence-corrected chi connectivity index (χ2v) is 6.20. The van der Waals surface area contributed by atoms with Crippen LogP contribution in [0.4, 0.5) is 5.69 Å². The van der Waals surface area contributed by atoms with E-state index in [0.717, 1.165) is 36.8 Å². The maximum atomic E-state index is 5.91. The molecule has 0 spiro atoms. The number of hydrogen-bond donors (Lipinski definition) is 1. The molecular weight excluding hydrogens is 250 g/mol. The molecule has 1 aromatic rings. The summed E-state index contributed by atoms with van der Waals surface area (Å²) >= 11 is 0. The van der Waals surface area contributed by atoms with Crippen LogP contribution in [0.1, 0.15) is 44.1 Å². The summed E-state index contributed by atoms with van der Waals surface area (Å²) in [5.41, 5.74) is 8.04. The van der Waals surface area contributed by atoms with Crippen LogP contribution in [0.2, 0.25) is 0 Å². The van der Waals surface area contributed by atoms with Gasteiger partial charge in [-0.2, -0.15) is 0 Å². The second kappa shape index (κ2) is 5.66. The van der Waals surface area contributed by atoms with Crippen LogP contribution in [0.5, 0.6) is 0 Å². The van der Waals surface area contributed by atoms with Crippen LogP contribution in [0.15, 0.2) is 6.20 Å². The summed E-state index contributed by atoms with van der Waals surface area (Å²) in [7, 11) is 0. The Bertz CT molecular complexity index is 473. The van der Waals surface area contributed by atoms with Gasteiger partial charge in [0.1, 0.15) is 5.82 Å². The lowest BCUT2D eigenvalue weighted by atomic mass is 10.1. The Morgan fingerprint density at radius 2 is 2.20 bits per heavy atom. The highest BCUT2D eigenvalue weighted by atomic mass is 15.3. The van der Waals surface area contributed by atoms with Gasteiger partial charge in [-0.1, -0.05) is 13.8 Å². The normalized spacial score (nSPS) is 23.4. The van der Waals surface area contributed by atoms with E-state index < -0.39 is 0 Å². The molecular formula is C15H25N5. The maximum Gasteiger partial charge on any atom is 0.131 e. The smallest absolute Gasteiger partial charge is 0.131 e. The molecule has 2 aliphatic heterocycles. The molecule has 2 saturated heterocycles. The van der Waals surface area contributed by atoms with Crippen molar-refractivity contribution in [2.75, 3.05) is 31.1 Å². The first kappa shape index (κ1) is 13.8. The number of anilines is 1. The Morgan fingerprint density at radius 3 is 2.95 bits per heavy atom. The average Bonchev–Trinajstić information content (AvgIpc) is 2.93. The number of hydrogen-bond acceptors (Lipinski definition) is 5. The number of nitrogens with two attached hydrogens (primary N) is 1. The molecule has 0 aromatic carbocycles. The van der Waals surface area contributed by atoms with E-state index in [1.807, 2.05) is 6.20 Å². The van der Waals surface area contributed by atoms with Crippen LogP contribution in [-0.4, -0.2) is 47.1 Å². The molecule has 110 valence electrons. The quantitative estimate of drug-likeness (QED) is 0.902. The summed E-state index contributed by atoms with van der Waals surface area (Å²) in [4.78, 5) is 14.2. The molecule has 0 amide bonds. The Balaban J connectivity index is 1.82. The van der Waals surface area contributed by atoms with Crippen molar-refractivity contribution >= 4 is 5.69 Å². The van der Waals surface area contributed by atoms with Crippen molar-refractivity contribution in [1.29, 1.82) is 0 Å². The Morgan fingerprint density at radius 1 is 1.35 bits per heavy atom. The third-order valence-electron chi connectivity index (χ3n) is 4.50. The number of fused-ring (bicyclic) bond motifs is 1. The molecule has 3 rings (SSSR count). The number of aromatic nitrogens is 2. The molecule has 0 aliphatic carbocycles. The topological polar surface area (TPSA) is 58.3 Å². The summed E-state index contributed by atoms with van der Waals surface area (Å²) in [5.74, 6) is 1.25. The minimum Gasteiger partial charge on any atom is -0.366 e. The van der Waals surface area contributed by atoms with Gasteiger partial charge in [-0.05, 0) is 19.4 Å². The molecule has 5 heteroatoms. The zero-order valence-corrected chi connectivity index (χ0v) is 12.5. The third-order valence-corrected chi connectivity index (χ3v) is 4.50. The van der Waals surface area contributed by atoms with Gasteiger partial charge in [0, 0.05) is 38.1 Å². The van der Waals surface area contributed by atoms with Gasteiger partial charge in [0.15, 0.2) is 0 Å². The standard InChI is InChI=1S/C15H25N5/c1-11(2)15-17-9-14(13(8-16)18-15)20-7-6-19-5-3-4-12(19)10-20/h9,11-12H,3-8,10,16H2,1-2H3. The van der Waals surface area contributed by atoms with Gasteiger partial charge in [0.2, 0.25) is 0 Å². The first-order valence-corrected chi connectivity index (χ1v) is 7.74. The largest absolute Gasteiger partial charge is 0.366 e. The van der Waals surface area contributed by atoms with E-state index >= 15 is 0 Å². The van der Waals surface area contributed by atoms with Crippen molar-refractivity contribution in [3.63, 3.8) is 0 Å². The van der Waals surface area contributed by atoms with Crippen molar-refractivity contribution in [1.82, 2.24) is 14.9 Å². The van der Waals surface area contributed by atoms with Crippen molar-refractivity contribution in [3.8, 4) is 0 Å². The van der Waals surface area contributed by atoms with Gasteiger partial charge in [0.25, 0.3) is 0 Å². The van der Waals surface area contributed by atoms with Crippen molar-refractivity contribution < 1.29 is 0 Å². The molecule has 2 fully saturated rings. The van der Waals surface area contributed by atoms with Gasteiger partial charge in [-0.3, -0.25) is 4.90 Å². The highest BCUT2D eigenvalue weighted by molar-refractivity contribution is 5.50. The molecule has 2 N–H and O–H groups in total. The van der Waals surface area contributed by atoms with Crippen molar-refractivity contribution in [3.05, 3.63) is 17.7 Å². The summed E-state index contributed by atoms with van der Waals surface area (Å²) in [6.45, 7) is 9.30. The van der Waals surface area contributed by atoms with E-state index in [4.69, 9.17) is 5.73 Å². The van der Waals surface area contributed by atoms with E-state index in [1.165, 1.54) is 19.4 Å². The highest BCUT2D eigenvalue weighted by Gasteiger charge is 2.31. The third kappa shape index (κ3) is 2.52. The first-order chi connectivity index (χ1) is 9.69. The fourth-order valence-electron chi connectivity index (χ4n) is 3.33. The number of nitrogens with zero attached hydrogens (tertiary/aromatic N) is 4. The zero-order valence-electron chi connectivity index (χ0n) is 12.5. The van der Waals surface area contributed by atoms with E-state index in [1.54, 1.807) is 0 Å². The molecule has 0 bridgehead atoms. The predicted molar refractivity (Wildman–Crippen MR) is 80.8 cm³/mol. The predicted octanol–water partition coefficient (Wildman–Crippen LogP) is 1.34. The van der Waals surface area contributed by atoms with Crippen molar-refractivity contribution in [2.45, 2.75) is 45.2 Å². The fraction of sp³-hybridized carbons (Fsp3) is 0.733. The Labute approximate surface area is 121 Å². The van der Waals surface area contributed by atoms with E-state index in [2.05, 4.69) is 33.6 Å². The summed E-state index contributed by atoms with van der Waals surface area (Å²) < 4.78 is 0. The van der Waals surface area contributed by atoms with E-state index in [0.29, 0.717) is 18.5 Å². The molecule has 1 aromatic heterocycles. The van der Waals surface area contributed by atoms with Crippen LogP contribution in [0.25, 0.3) is 0 Å². The lowest BCUT2D eigenvalue weighted by Crippen LogP contribution is -2.50. The molecule has 1 unspecified atom stereocenters. The lowest BCUT2D eigenvalue weighted by Gasteiger charge is -2.39. The monoisotopic (exact) mass is 275 g/mol. The van der Waals surface area contributed by atoms with Gasteiger partial charge >= 0.3 is 0 Å². The average molecular weight is 275 g/mol. The summed E-state index contributed by atoms with van der Waals surface area (Å²) in [6, 6.07) is 0.708. The van der Waals surface area contributed by atoms with Crippen LogP contribution >= 0.6 is 0 Å². The minimum atomic E-state index is 0.348. The van der Waals surface area contributed by atoms with Crippen LogP contribution in [0, 0.1) is 0 Å². The Hall–Kier alpha value is -1.20. The van der Waals surface area contributed by atoms with Gasteiger partial charge in [-0.15, -0.1) is 0 Å². The molecule has 0 radical (unpaired) electrons. The van der Waals surface area contributed by atoms with Gasteiger partial charge in [0.05, 0.1) is 17.6 Å². The molecule has 20 heavy (non-hydrogen) atoms. The second-order valence-electron chi connectivity index (χ2n) is 6.20. The summed E-state index contributed by atoms with van der Waals surface area (Å²) in [6.07, 6.45) is 4.64. The van der Waals surface area contributed by atoms with E-state index in [-0.39, 0.29) is 0 Å². The number of rotatable bonds is 3. The SMILES string of the molecule is CC(C)c1ncc(N2CCN3CCCC3C2)c(CN)n1. The Kier molecular flexibility index (Phi) is 3.89. The lowest BCUT2D eigenvalue weighted by molar-refractivity contribution is 0.230. The van der Waals surface area contributed by atoms with Gasteiger partial charge in [-0.25, -0.2) is 9.97 Å². The van der Waals surface area contributed by atoms with Gasteiger partial charge < -0.3 is 10.6 Å². The fourth-order valence-corrected chi connectivity index (χ4v) is 3.33. The van der Waals surface area contributed by atoms with Crippen molar-refractivity contribution in [2.24, 2.45) is 5.73 Å². The first-order valence-electron chi connectivity index (χ1n) is 7.74. The molecule has 5 nitrogen and oxygen atoms in total. The minimum absolute atomic E-state index is 0.348. The molecule has 0 saturated carbocycles. The highest BCUT2D eigenvalue weighted by Crippen LogP contribution is 2.27. The van der Waals surface area contributed by atoms with Crippen LogP contribution in [-0.2, 0) is 6.54 Å². The molecule has 2 aliphatic rings.